The van der Waals surface area contributed by atoms with Crippen LogP contribution in [0.2, 0.25) is 0 Å². The molecule has 1 aromatic heterocycles. The molecule has 2 rings (SSSR count). The van der Waals surface area contributed by atoms with Gasteiger partial charge in [-0.25, -0.2) is 4.98 Å². The van der Waals surface area contributed by atoms with E-state index in [1.807, 2.05) is 0 Å². The number of carbonyl (C=O) groups is 2. The number of aliphatic carboxylic acids is 2. The first kappa shape index (κ1) is 23.3. The molecule has 8 nitrogen and oxygen atoms in total. The van der Waals surface area contributed by atoms with Crippen molar-refractivity contribution in [1.82, 2.24) is 9.97 Å². The van der Waals surface area contributed by atoms with Crippen molar-refractivity contribution in [2.75, 3.05) is 20.5 Å². The Morgan fingerprint density at radius 2 is 2.04 bits per heavy atom. The number of ether oxygens (including phenoxy) is 2. The molecule has 0 saturated heterocycles. The minimum absolute atomic E-state index is 0. The van der Waals surface area contributed by atoms with E-state index in [-0.39, 0.29) is 43.2 Å². The minimum atomic E-state index is -1.14. The zero-order valence-electron chi connectivity index (χ0n) is 14.3. The van der Waals surface area contributed by atoms with Crippen LogP contribution in [-0.4, -0.2) is 52.6 Å². The number of aromatic amines is 1. The second-order valence-electron chi connectivity index (χ2n) is 5.92. The van der Waals surface area contributed by atoms with Gasteiger partial charge in [0.15, 0.2) is 0 Å². The van der Waals surface area contributed by atoms with Gasteiger partial charge in [0.25, 0.3) is 0 Å². The summed E-state index contributed by atoms with van der Waals surface area (Å²) in [5.74, 6) is -1.99. The predicted molar refractivity (Wildman–Crippen MR) is 95.5 cm³/mol. The van der Waals surface area contributed by atoms with Crippen LogP contribution < -0.4 is 0 Å². The summed E-state index contributed by atoms with van der Waals surface area (Å²) >= 11 is 0. The van der Waals surface area contributed by atoms with Gasteiger partial charge in [-0.1, -0.05) is 12.2 Å². The molecule has 0 spiro atoms. The Morgan fingerprint density at radius 3 is 2.48 bits per heavy atom. The molecule has 0 bridgehead atoms. The van der Waals surface area contributed by atoms with E-state index in [4.69, 9.17) is 9.47 Å². The van der Waals surface area contributed by atoms with Crippen molar-refractivity contribution in [1.29, 1.82) is 0 Å². The Labute approximate surface area is 157 Å². The fourth-order valence-corrected chi connectivity index (χ4v) is 2.61. The highest BCUT2D eigenvalue weighted by molar-refractivity contribution is 8.93. The quantitative estimate of drug-likeness (QED) is 0.351. The molecule has 1 aliphatic carbocycles. The molecule has 0 aromatic carbocycles. The van der Waals surface area contributed by atoms with Crippen LogP contribution in [0.15, 0.2) is 30.9 Å². The van der Waals surface area contributed by atoms with Gasteiger partial charge in [0, 0.05) is 19.5 Å². The van der Waals surface area contributed by atoms with Crippen LogP contribution in [0.3, 0.4) is 0 Å². The molecule has 2 atom stereocenters. The van der Waals surface area contributed by atoms with Crippen molar-refractivity contribution in [2.45, 2.75) is 26.2 Å². The number of carboxylic acids is 2. The third-order valence-corrected chi connectivity index (χ3v) is 3.97. The maximum absolute atomic E-state index is 11.5. The predicted octanol–water partition coefficient (Wildman–Crippen LogP) is 2.50. The number of aromatic nitrogens is 2. The molecule has 25 heavy (non-hydrogen) atoms. The van der Waals surface area contributed by atoms with Gasteiger partial charge in [0.2, 0.25) is 0 Å². The van der Waals surface area contributed by atoms with Crippen molar-refractivity contribution < 1.29 is 29.3 Å². The summed E-state index contributed by atoms with van der Waals surface area (Å²) in [7, 11) is 1.48. The van der Waals surface area contributed by atoms with Crippen LogP contribution in [0.4, 0.5) is 0 Å². The van der Waals surface area contributed by atoms with Crippen LogP contribution in [0.5, 0.6) is 0 Å². The van der Waals surface area contributed by atoms with Crippen molar-refractivity contribution >= 4 is 28.9 Å². The Kier molecular flexibility index (Phi) is 10.3. The van der Waals surface area contributed by atoms with E-state index >= 15 is 0 Å². The zero-order valence-corrected chi connectivity index (χ0v) is 16.0. The fourth-order valence-electron chi connectivity index (χ4n) is 2.61. The number of carboxylic acid groups (broad SMARTS) is 2. The molecule has 1 heterocycles. The van der Waals surface area contributed by atoms with Crippen molar-refractivity contribution in [3.63, 3.8) is 0 Å². The van der Waals surface area contributed by atoms with Crippen molar-refractivity contribution in [3.05, 3.63) is 30.9 Å². The topological polar surface area (TPSA) is 122 Å². The summed E-state index contributed by atoms with van der Waals surface area (Å²) in [6.07, 6.45) is 8.95. The third-order valence-electron chi connectivity index (χ3n) is 3.97. The molecular weight excluding hydrogens is 396 g/mol. The number of halogens is 1. The number of H-pyrrole nitrogens is 1. The number of rotatable bonds is 7. The molecule has 1 aromatic rings. The van der Waals surface area contributed by atoms with Crippen LogP contribution >= 0.6 is 17.0 Å². The number of hydrogen-bond acceptors (Lipinski definition) is 5. The number of nitrogens with zero attached hydrogens (tertiary/aromatic N) is 1. The second-order valence-corrected chi connectivity index (χ2v) is 5.92. The first-order valence-electron chi connectivity index (χ1n) is 7.50. The Bertz CT molecular complexity index is 534. The standard InChI is InChI=1S/C13H20O6.C3H4N2.BrH/c1-12(10(14)15)4-3-5-13(8-12,11(16)17)6-7-19-9-18-2;1-2-5-3-4-1;/h3-4H,5-9H2,1-2H3,(H,14,15)(H,16,17);1-3H,(H,4,5);1H. The first-order chi connectivity index (χ1) is 11.4. The van der Waals surface area contributed by atoms with Gasteiger partial charge in [-0.3, -0.25) is 9.59 Å². The van der Waals surface area contributed by atoms with Gasteiger partial charge in [0.1, 0.15) is 6.79 Å². The molecule has 0 radical (unpaired) electrons. The number of allylic oxidation sites excluding steroid dienone is 1. The first-order valence-corrected chi connectivity index (χ1v) is 7.50. The average molecular weight is 421 g/mol. The van der Waals surface area contributed by atoms with Gasteiger partial charge in [0.05, 0.1) is 23.8 Å². The molecule has 3 N–H and O–H groups in total. The average Bonchev–Trinajstić information content (AvgIpc) is 3.11. The van der Waals surface area contributed by atoms with Crippen LogP contribution in [0, 0.1) is 10.8 Å². The normalized spacial score (nSPS) is 24.6. The molecule has 0 aliphatic heterocycles. The van der Waals surface area contributed by atoms with E-state index in [1.54, 1.807) is 37.8 Å². The summed E-state index contributed by atoms with van der Waals surface area (Å²) in [6, 6.07) is 0. The molecule has 0 fully saturated rings. The Balaban J connectivity index is 0.000000820. The fraction of sp³-hybridized carbons (Fsp3) is 0.562. The number of hydrogen-bond donors (Lipinski definition) is 3. The Hall–Kier alpha value is -1.71. The zero-order chi connectivity index (χ0) is 18.1. The Morgan fingerprint density at radius 1 is 1.32 bits per heavy atom. The molecule has 142 valence electrons. The second kappa shape index (κ2) is 11.0. The van der Waals surface area contributed by atoms with Gasteiger partial charge < -0.3 is 24.7 Å². The summed E-state index contributed by atoms with van der Waals surface area (Å²) in [5.41, 5.74) is -2.23. The van der Waals surface area contributed by atoms with Gasteiger partial charge in [-0.05, 0) is 26.2 Å². The van der Waals surface area contributed by atoms with Crippen molar-refractivity contribution in [2.24, 2.45) is 10.8 Å². The lowest BCUT2D eigenvalue weighted by Gasteiger charge is -2.38. The van der Waals surface area contributed by atoms with Crippen LogP contribution in [0.25, 0.3) is 0 Å². The monoisotopic (exact) mass is 420 g/mol. The van der Waals surface area contributed by atoms with Gasteiger partial charge in [-0.15, -0.1) is 17.0 Å². The lowest BCUT2D eigenvalue weighted by atomic mass is 9.65. The molecule has 2 unspecified atom stereocenters. The summed E-state index contributed by atoms with van der Waals surface area (Å²) < 4.78 is 9.86. The molecule has 9 heteroatoms. The highest BCUT2D eigenvalue weighted by Crippen LogP contribution is 2.45. The molecule has 0 amide bonds. The van der Waals surface area contributed by atoms with E-state index in [9.17, 15) is 19.8 Å². The van der Waals surface area contributed by atoms with E-state index in [0.717, 1.165) is 0 Å². The largest absolute Gasteiger partial charge is 0.481 e. The van der Waals surface area contributed by atoms with Crippen LogP contribution in [0.1, 0.15) is 26.2 Å². The third kappa shape index (κ3) is 6.97. The highest BCUT2D eigenvalue weighted by atomic mass is 79.9. The van der Waals surface area contributed by atoms with E-state index in [2.05, 4.69) is 9.97 Å². The van der Waals surface area contributed by atoms with E-state index < -0.39 is 22.8 Å². The van der Waals surface area contributed by atoms with Gasteiger partial charge in [-0.2, -0.15) is 0 Å². The lowest BCUT2D eigenvalue weighted by Crippen LogP contribution is -2.42. The smallest absolute Gasteiger partial charge is 0.313 e. The van der Waals surface area contributed by atoms with Gasteiger partial charge >= 0.3 is 11.9 Å². The van der Waals surface area contributed by atoms with E-state index in [1.165, 1.54) is 7.11 Å². The van der Waals surface area contributed by atoms with Crippen LogP contribution in [-0.2, 0) is 19.1 Å². The molecule has 1 aliphatic rings. The van der Waals surface area contributed by atoms with E-state index in [0.29, 0.717) is 6.42 Å². The maximum atomic E-state index is 11.5. The molecule has 0 saturated carbocycles. The summed E-state index contributed by atoms with van der Waals surface area (Å²) in [5, 5.41) is 18.7. The maximum Gasteiger partial charge on any atom is 0.313 e. The summed E-state index contributed by atoms with van der Waals surface area (Å²) in [4.78, 5) is 29.2. The lowest BCUT2D eigenvalue weighted by molar-refractivity contribution is -0.157. The molecular formula is C16H25BrN2O6. The minimum Gasteiger partial charge on any atom is -0.481 e. The number of imidazole rings is 1. The van der Waals surface area contributed by atoms with Crippen molar-refractivity contribution in [3.8, 4) is 0 Å². The highest BCUT2D eigenvalue weighted by Gasteiger charge is 2.48. The number of nitrogens with one attached hydrogen (secondary N) is 1. The number of methoxy groups -OCH3 is 1. The SMILES string of the molecule is Br.COCOCCC1(C(=O)O)CC=CC(C)(C(=O)O)C1.c1c[nH]cn1. The summed E-state index contributed by atoms with van der Waals surface area (Å²) in [6.45, 7) is 1.87.